The van der Waals surface area contributed by atoms with Crippen molar-refractivity contribution in [1.29, 1.82) is 0 Å². The summed E-state index contributed by atoms with van der Waals surface area (Å²) in [5.74, 6) is 0. The van der Waals surface area contributed by atoms with Crippen molar-refractivity contribution in [3.8, 4) is 10.6 Å². The number of aromatic nitrogens is 2. The van der Waals surface area contributed by atoms with Crippen LogP contribution in [0.15, 0.2) is 34.2 Å². The molecule has 0 aliphatic heterocycles. The number of hydrogen-bond donors (Lipinski definition) is 1. The topological polar surface area (TPSA) is 84.5 Å². The Morgan fingerprint density at radius 2 is 1.92 bits per heavy atom. The summed E-state index contributed by atoms with van der Waals surface area (Å²) >= 11 is 1.45. The molecule has 8 heteroatoms. The van der Waals surface area contributed by atoms with E-state index in [2.05, 4.69) is 10.1 Å². The summed E-state index contributed by atoms with van der Waals surface area (Å²) in [5.41, 5.74) is 0.855. The fraction of sp³-hybridized carbons (Fsp3) is 0.500. The molecule has 24 heavy (non-hydrogen) atoms. The summed E-state index contributed by atoms with van der Waals surface area (Å²) in [6, 6.07) is 6.63. The quantitative estimate of drug-likeness (QED) is 0.896. The lowest BCUT2D eigenvalue weighted by atomic mass is 9.93. The minimum atomic E-state index is -3.20. The highest BCUT2D eigenvalue weighted by Crippen LogP contribution is 2.23. The number of benzene rings is 1. The molecule has 1 aliphatic rings. The van der Waals surface area contributed by atoms with Crippen molar-refractivity contribution in [1.82, 2.24) is 9.78 Å². The van der Waals surface area contributed by atoms with E-state index in [9.17, 15) is 13.5 Å². The van der Waals surface area contributed by atoms with Crippen molar-refractivity contribution in [3.63, 3.8) is 0 Å². The molecule has 1 saturated carbocycles. The van der Waals surface area contributed by atoms with Gasteiger partial charge in [-0.25, -0.2) is 13.1 Å². The second-order valence-electron chi connectivity index (χ2n) is 6.16. The first-order valence-electron chi connectivity index (χ1n) is 7.91. The lowest BCUT2D eigenvalue weighted by Crippen LogP contribution is -2.30. The molecule has 0 bridgehead atoms. The van der Waals surface area contributed by atoms with Gasteiger partial charge < -0.3 is 5.11 Å². The third kappa shape index (κ3) is 3.76. The minimum absolute atomic E-state index is 0.0640. The maximum absolute atomic E-state index is 11.5. The zero-order valence-electron chi connectivity index (χ0n) is 13.7. The second-order valence-corrected chi connectivity index (χ2v) is 9.13. The van der Waals surface area contributed by atoms with E-state index in [1.165, 1.54) is 17.6 Å². The Morgan fingerprint density at radius 1 is 1.25 bits per heavy atom. The maximum Gasteiger partial charge on any atom is 0.203 e. The van der Waals surface area contributed by atoms with Crippen LogP contribution >= 0.6 is 11.3 Å². The van der Waals surface area contributed by atoms with Gasteiger partial charge in [0.15, 0.2) is 9.84 Å². The lowest BCUT2D eigenvalue weighted by molar-refractivity contribution is 0.107. The highest BCUT2D eigenvalue weighted by atomic mass is 32.2. The van der Waals surface area contributed by atoms with E-state index in [1.54, 1.807) is 28.9 Å². The normalized spacial score (nSPS) is 22.7. The van der Waals surface area contributed by atoms with Crippen LogP contribution in [0.25, 0.3) is 10.6 Å². The third-order valence-corrected chi connectivity index (χ3v) is 6.40. The average molecular weight is 367 g/mol. The number of sulfone groups is 1. The maximum atomic E-state index is 11.5. The van der Waals surface area contributed by atoms with Gasteiger partial charge in [-0.15, -0.1) is 0 Å². The van der Waals surface area contributed by atoms with Crippen molar-refractivity contribution >= 4 is 21.2 Å². The largest absolute Gasteiger partial charge is 0.391 e. The van der Waals surface area contributed by atoms with Gasteiger partial charge in [-0.1, -0.05) is 36.3 Å². The van der Waals surface area contributed by atoms with Crippen LogP contribution in [0.1, 0.15) is 25.7 Å². The van der Waals surface area contributed by atoms with E-state index in [-0.39, 0.29) is 12.1 Å². The molecule has 2 aromatic rings. The summed E-state index contributed by atoms with van der Waals surface area (Å²) in [7, 11) is -1.37. The van der Waals surface area contributed by atoms with E-state index >= 15 is 0 Å². The van der Waals surface area contributed by atoms with Gasteiger partial charge in [-0.2, -0.15) is 5.10 Å². The molecule has 3 rings (SSSR count). The van der Waals surface area contributed by atoms with Crippen LogP contribution in [0.4, 0.5) is 0 Å². The highest BCUT2D eigenvalue weighted by molar-refractivity contribution is 7.90. The molecule has 0 unspecified atom stereocenters. The van der Waals surface area contributed by atoms with Crippen molar-refractivity contribution in [2.24, 2.45) is 12.0 Å². The Labute approximate surface area is 145 Å². The molecule has 1 heterocycles. The van der Waals surface area contributed by atoms with E-state index < -0.39 is 9.84 Å². The van der Waals surface area contributed by atoms with Gasteiger partial charge in [0.1, 0.15) is 5.01 Å². The fourth-order valence-electron chi connectivity index (χ4n) is 2.81. The summed E-state index contributed by atoms with van der Waals surface area (Å²) in [6.07, 6.45) is 4.66. The Kier molecular flexibility index (Phi) is 4.89. The Morgan fingerprint density at radius 3 is 2.54 bits per heavy atom. The van der Waals surface area contributed by atoms with Crippen LogP contribution in [-0.4, -0.2) is 41.7 Å². The van der Waals surface area contributed by atoms with Gasteiger partial charge in [0, 0.05) is 18.9 Å². The molecule has 1 fully saturated rings. The number of aryl methyl sites for hydroxylation is 1. The number of hydrogen-bond acceptors (Lipinski definition) is 6. The molecule has 0 radical (unpaired) electrons. The third-order valence-electron chi connectivity index (χ3n) is 4.21. The molecule has 0 spiro atoms. The van der Waals surface area contributed by atoms with Crippen molar-refractivity contribution < 1.29 is 13.5 Å². The van der Waals surface area contributed by atoms with E-state index in [0.29, 0.717) is 4.90 Å². The summed E-state index contributed by atoms with van der Waals surface area (Å²) in [5, 5.41) is 15.3. The Balaban J connectivity index is 1.91. The molecule has 1 aromatic carbocycles. The van der Waals surface area contributed by atoms with Crippen LogP contribution in [-0.2, 0) is 16.9 Å². The van der Waals surface area contributed by atoms with Gasteiger partial charge in [-0.3, -0.25) is 4.99 Å². The van der Waals surface area contributed by atoms with Gasteiger partial charge in [0.2, 0.25) is 4.80 Å². The Hall–Kier alpha value is -1.51. The smallest absolute Gasteiger partial charge is 0.203 e. The number of aliphatic hydroxyl groups excluding tert-OH is 1. The van der Waals surface area contributed by atoms with Gasteiger partial charge in [0.05, 0.1) is 17.0 Å². The zero-order valence-corrected chi connectivity index (χ0v) is 15.3. The first-order chi connectivity index (χ1) is 11.3. The van der Waals surface area contributed by atoms with Crippen molar-refractivity contribution in [2.75, 3.05) is 6.26 Å². The fourth-order valence-corrected chi connectivity index (χ4v) is 4.39. The first kappa shape index (κ1) is 17.3. The molecule has 6 nitrogen and oxygen atoms in total. The zero-order chi connectivity index (χ0) is 17.3. The van der Waals surface area contributed by atoms with Crippen LogP contribution < -0.4 is 4.80 Å². The molecular weight excluding hydrogens is 346 g/mol. The SMILES string of the molecule is Cn1nc(-c2ccc(S(C)(=O)=O)cc2)sc1=N[C@@H]1CCCC[C@H]1O. The van der Waals surface area contributed by atoms with Crippen LogP contribution in [0.5, 0.6) is 0 Å². The molecule has 1 aromatic heterocycles. The van der Waals surface area contributed by atoms with Crippen LogP contribution in [0.2, 0.25) is 0 Å². The summed E-state index contributed by atoms with van der Waals surface area (Å²) < 4.78 is 24.8. The monoisotopic (exact) mass is 367 g/mol. The summed E-state index contributed by atoms with van der Waals surface area (Å²) in [4.78, 5) is 5.74. The number of rotatable bonds is 3. The van der Waals surface area contributed by atoms with Gasteiger partial charge >= 0.3 is 0 Å². The minimum Gasteiger partial charge on any atom is -0.391 e. The predicted octanol–water partition coefficient (Wildman–Crippen LogP) is 1.76. The molecule has 0 saturated heterocycles. The molecule has 1 aliphatic carbocycles. The second kappa shape index (κ2) is 6.78. The standard InChI is InChI=1S/C16H21N3O3S2/c1-19-16(17-13-5-3-4-6-14(13)20)23-15(18-19)11-7-9-12(10-8-11)24(2,21)22/h7-10,13-14,20H,3-6H2,1-2H3/t13-,14-/m1/s1. The predicted molar refractivity (Wildman–Crippen MR) is 93.5 cm³/mol. The van der Waals surface area contributed by atoms with Crippen molar-refractivity contribution in [2.45, 2.75) is 42.7 Å². The highest BCUT2D eigenvalue weighted by Gasteiger charge is 2.22. The van der Waals surface area contributed by atoms with E-state index in [1.807, 2.05) is 7.05 Å². The number of nitrogens with zero attached hydrogens (tertiary/aromatic N) is 3. The first-order valence-corrected chi connectivity index (χ1v) is 10.6. The molecular formula is C16H21N3O3S2. The lowest BCUT2D eigenvalue weighted by Gasteiger charge is -2.23. The average Bonchev–Trinajstić information content (AvgIpc) is 2.90. The molecule has 130 valence electrons. The summed E-state index contributed by atoms with van der Waals surface area (Å²) in [6.45, 7) is 0. The van der Waals surface area contributed by atoms with Gasteiger partial charge in [0.25, 0.3) is 0 Å². The van der Waals surface area contributed by atoms with E-state index in [0.717, 1.165) is 41.1 Å². The molecule has 2 atom stereocenters. The Bertz CT molecular complexity index is 882. The van der Waals surface area contributed by atoms with Crippen LogP contribution in [0.3, 0.4) is 0 Å². The van der Waals surface area contributed by atoms with Crippen LogP contribution in [0, 0.1) is 0 Å². The van der Waals surface area contributed by atoms with Crippen molar-refractivity contribution in [3.05, 3.63) is 29.1 Å². The number of aliphatic hydroxyl groups is 1. The molecule has 0 amide bonds. The molecule has 1 N–H and O–H groups in total. The van der Waals surface area contributed by atoms with E-state index in [4.69, 9.17) is 0 Å². The van der Waals surface area contributed by atoms with Gasteiger partial charge in [-0.05, 0) is 25.0 Å².